The number of halogens is 2. The Kier molecular flexibility index (Phi) is 4.48. The van der Waals surface area contributed by atoms with E-state index in [-0.39, 0.29) is 15.5 Å². The smallest absolute Gasteiger partial charge is 0.293 e. The van der Waals surface area contributed by atoms with Crippen LogP contribution in [0.5, 0.6) is 0 Å². The molecule has 1 aliphatic rings. The average molecular weight is 321 g/mol. The Balaban J connectivity index is 2.19. The van der Waals surface area contributed by atoms with Gasteiger partial charge in [-0.25, -0.2) is 0 Å². The summed E-state index contributed by atoms with van der Waals surface area (Å²) < 4.78 is 0.125. The minimum atomic E-state index is -0.450. The predicted molar refractivity (Wildman–Crippen MR) is 81.7 cm³/mol. The molecule has 104 valence electrons. The molecule has 4 nitrogen and oxygen atoms in total. The summed E-state index contributed by atoms with van der Waals surface area (Å²) in [7, 11) is 0. The molecule has 1 aliphatic heterocycles. The van der Waals surface area contributed by atoms with E-state index in [1.807, 2.05) is 11.8 Å². The molecule has 1 saturated heterocycles. The van der Waals surface area contributed by atoms with Crippen molar-refractivity contribution in [1.82, 2.24) is 0 Å². The summed E-state index contributed by atoms with van der Waals surface area (Å²) in [6.07, 6.45) is 2.30. The highest BCUT2D eigenvalue weighted by Gasteiger charge is 2.30. The van der Waals surface area contributed by atoms with E-state index in [2.05, 4.69) is 12.2 Å². The van der Waals surface area contributed by atoms with Crippen LogP contribution >= 0.6 is 35.0 Å². The minimum Gasteiger partial charge on any atom is -0.378 e. The third-order valence-electron chi connectivity index (χ3n) is 3.19. The van der Waals surface area contributed by atoms with Gasteiger partial charge in [-0.15, -0.1) is 0 Å². The van der Waals surface area contributed by atoms with Gasteiger partial charge in [-0.3, -0.25) is 10.1 Å². The van der Waals surface area contributed by atoms with Crippen molar-refractivity contribution in [3.05, 3.63) is 32.3 Å². The Bertz CT molecular complexity index is 505. The molecule has 1 aromatic rings. The van der Waals surface area contributed by atoms with Crippen molar-refractivity contribution in [3.8, 4) is 0 Å². The first-order chi connectivity index (χ1) is 8.91. The van der Waals surface area contributed by atoms with Crippen LogP contribution in [0.4, 0.5) is 11.4 Å². The summed E-state index contributed by atoms with van der Waals surface area (Å²) in [6, 6.07) is 2.81. The minimum absolute atomic E-state index is 0.0407. The second-order valence-corrected chi connectivity index (χ2v) is 7.29. The van der Waals surface area contributed by atoms with Gasteiger partial charge in [0, 0.05) is 17.4 Å². The van der Waals surface area contributed by atoms with Gasteiger partial charge in [0.1, 0.15) is 5.69 Å². The molecule has 1 heterocycles. The van der Waals surface area contributed by atoms with Crippen LogP contribution in [-0.2, 0) is 0 Å². The van der Waals surface area contributed by atoms with E-state index in [0.717, 1.165) is 12.2 Å². The first kappa shape index (κ1) is 14.8. The van der Waals surface area contributed by atoms with Gasteiger partial charge >= 0.3 is 0 Å². The number of anilines is 1. The molecule has 1 N–H and O–H groups in total. The number of hydrogen-bond donors (Lipinski definition) is 1. The summed E-state index contributed by atoms with van der Waals surface area (Å²) in [5, 5.41) is 14.7. The van der Waals surface area contributed by atoms with Gasteiger partial charge in [-0.2, -0.15) is 11.8 Å². The normalized spacial score (nSPS) is 22.5. The van der Waals surface area contributed by atoms with E-state index >= 15 is 0 Å². The van der Waals surface area contributed by atoms with Gasteiger partial charge in [0.15, 0.2) is 0 Å². The molecule has 0 radical (unpaired) electrons. The third kappa shape index (κ3) is 3.46. The molecule has 1 fully saturated rings. The van der Waals surface area contributed by atoms with Crippen LogP contribution < -0.4 is 5.32 Å². The van der Waals surface area contributed by atoms with Gasteiger partial charge in [0.2, 0.25) is 0 Å². The molecule has 1 unspecified atom stereocenters. The zero-order chi connectivity index (χ0) is 14.0. The first-order valence-electron chi connectivity index (χ1n) is 5.92. The van der Waals surface area contributed by atoms with E-state index in [0.29, 0.717) is 17.3 Å². The van der Waals surface area contributed by atoms with Crippen molar-refractivity contribution in [1.29, 1.82) is 0 Å². The van der Waals surface area contributed by atoms with Crippen molar-refractivity contribution in [2.45, 2.75) is 24.5 Å². The maximum absolute atomic E-state index is 11.0. The van der Waals surface area contributed by atoms with Gasteiger partial charge in [-0.05, 0) is 31.6 Å². The summed E-state index contributed by atoms with van der Waals surface area (Å²) >= 11 is 13.6. The molecule has 2 rings (SSSR count). The van der Waals surface area contributed by atoms with Gasteiger partial charge in [-0.1, -0.05) is 23.2 Å². The van der Waals surface area contributed by atoms with Crippen LogP contribution in [0.1, 0.15) is 19.8 Å². The van der Waals surface area contributed by atoms with Crippen molar-refractivity contribution in [3.63, 3.8) is 0 Å². The molecule has 0 spiro atoms. The van der Waals surface area contributed by atoms with Gasteiger partial charge < -0.3 is 5.32 Å². The van der Waals surface area contributed by atoms with E-state index in [9.17, 15) is 10.1 Å². The number of benzene rings is 1. The first-order valence-corrected chi connectivity index (χ1v) is 7.67. The van der Waals surface area contributed by atoms with Crippen LogP contribution in [0.3, 0.4) is 0 Å². The molecule has 1 aromatic carbocycles. The van der Waals surface area contributed by atoms with Crippen LogP contribution in [-0.4, -0.2) is 22.0 Å². The number of rotatable bonds is 4. The van der Waals surface area contributed by atoms with E-state index in [1.54, 1.807) is 0 Å². The number of hydrogen-bond acceptors (Lipinski definition) is 4. The Hall–Kier alpha value is -0.650. The summed E-state index contributed by atoms with van der Waals surface area (Å²) in [6.45, 7) is 2.84. The largest absolute Gasteiger partial charge is 0.378 e. The lowest BCUT2D eigenvalue weighted by molar-refractivity contribution is -0.383. The van der Waals surface area contributed by atoms with Gasteiger partial charge in [0.25, 0.3) is 5.69 Å². The lowest BCUT2D eigenvalue weighted by Gasteiger charge is -2.23. The third-order valence-corrected chi connectivity index (χ3v) is 5.45. The van der Waals surface area contributed by atoms with Crippen LogP contribution in [0.15, 0.2) is 12.1 Å². The number of nitrogens with one attached hydrogen (secondary N) is 1. The zero-order valence-electron chi connectivity index (χ0n) is 10.4. The zero-order valence-corrected chi connectivity index (χ0v) is 12.7. The Morgan fingerprint density at radius 1 is 1.47 bits per heavy atom. The molecular weight excluding hydrogens is 307 g/mol. The maximum Gasteiger partial charge on any atom is 0.293 e. The quantitative estimate of drug-likeness (QED) is 0.650. The fourth-order valence-electron chi connectivity index (χ4n) is 2.09. The topological polar surface area (TPSA) is 55.2 Å². The highest BCUT2D eigenvalue weighted by Crippen LogP contribution is 2.39. The highest BCUT2D eigenvalue weighted by molar-refractivity contribution is 8.00. The molecule has 19 heavy (non-hydrogen) atoms. The second kappa shape index (κ2) is 5.77. The van der Waals surface area contributed by atoms with Gasteiger partial charge in [0.05, 0.1) is 15.0 Å². The van der Waals surface area contributed by atoms with Crippen LogP contribution in [0.2, 0.25) is 10.0 Å². The lowest BCUT2D eigenvalue weighted by atomic mass is 10.1. The molecule has 0 saturated carbocycles. The van der Waals surface area contributed by atoms with Crippen molar-refractivity contribution in [2.75, 3.05) is 17.6 Å². The standard InChI is InChI=1S/C12H14Cl2N2O2S/c1-12(3-2-4-19-12)7-15-10-5-8(13)9(14)6-11(10)16(17)18/h5-6,15H,2-4,7H2,1H3. The van der Waals surface area contributed by atoms with E-state index < -0.39 is 4.92 Å². The number of nitro groups is 1. The lowest BCUT2D eigenvalue weighted by Crippen LogP contribution is -2.27. The molecule has 7 heteroatoms. The summed E-state index contributed by atoms with van der Waals surface area (Å²) in [4.78, 5) is 10.6. The predicted octanol–water partition coefficient (Wildman–Crippen LogP) is 4.60. The summed E-state index contributed by atoms with van der Waals surface area (Å²) in [5.41, 5.74) is 0.383. The van der Waals surface area contributed by atoms with Crippen molar-refractivity contribution in [2.24, 2.45) is 0 Å². The molecule has 0 amide bonds. The van der Waals surface area contributed by atoms with Crippen LogP contribution in [0.25, 0.3) is 0 Å². The van der Waals surface area contributed by atoms with Crippen molar-refractivity contribution < 1.29 is 4.92 Å². The average Bonchev–Trinajstić information content (AvgIpc) is 2.77. The maximum atomic E-state index is 11.0. The fourth-order valence-corrected chi connectivity index (χ4v) is 3.65. The Labute approximate surface area is 126 Å². The SMILES string of the molecule is CC1(CNc2cc(Cl)c(Cl)cc2[N+](=O)[O-])CCCS1. The number of nitrogens with zero attached hydrogens (tertiary/aromatic N) is 1. The van der Waals surface area contributed by atoms with Crippen molar-refractivity contribution >= 4 is 46.3 Å². The Morgan fingerprint density at radius 2 is 2.16 bits per heavy atom. The van der Waals surface area contributed by atoms with E-state index in [4.69, 9.17) is 23.2 Å². The summed E-state index contributed by atoms with van der Waals surface area (Å²) in [5.74, 6) is 1.14. The molecule has 0 aliphatic carbocycles. The number of nitro benzene ring substituents is 1. The fraction of sp³-hybridized carbons (Fsp3) is 0.500. The molecule has 0 bridgehead atoms. The monoisotopic (exact) mass is 320 g/mol. The van der Waals surface area contributed by atoms with E-state index in [1.165, 1.54) is 18.6 Å². The molecule has 0 aromatic heterocycles. The second-order valence-electron chi connectivity index (χ2n) is 4.80. The molecule has 1 atom stereocenters. The number of thioether (sulfide) groups is 1. The van der Waals surface area contributed by atoms with Crippen LogP contribution in [0, 0.1) is 10.1 Å². The highest BCUT2D eigenvalue weighted by atomic mass is 35.5. The molecular formula is C12H14Cl2N2O2S. The Morgan fingerprint density at radius 3 is 2.74 bits per heavy atom.